The van der Waals surface area contributed by atoms with Crippen LogP contribution in [-0.4, -0.2) is 10.8 Å². The number of halogens is 1. The predicted octanol–water partition coefficient (Wildman–Crippen LogP) is 4.81. The minimum absolute atomic E-state index is 0.0228. The number of nitrogens with two attached hydrogens (primary N) is 1. The lowest BCUT2D eigenvalue weighted by Gasteiger charge is -2.10. The summed E-state index contributed by atoms with van der Waals surface area (Å²) >= 11 is 6.27. The zero-order valence-electron chi connectivity index (χ0n) is 13.4. The van der Waals surface area contributed by atoms with Crippen molar-refractivity contribution in [3.63, 3.8) is 0 Å². The molecule has 0 atom stereocenters. The standard InChI is InChI=1S/C19H13ClN2O4/c20-15-10-13(12-4-2-1-3-5-12)6-8-17(15)26-18-9-7-14(19(21)23)11-16(18)22(24)25/h1-11H,(H2,21,23). The molecule has 7 heteroatoms. The number of primary amides is 1. The first-order valence-electron chi connectivity index (χ1n) is 7.57. The number of nitro benzene ring substituents is 1. The Balaban J connectivity index is 1.94. The molecule has 130 valence electrons. The molecule has 2 N–H and O–H groups in total. The predicted molar refractivity (Wildman–Crippen MR) is 98.6 cm³/mol. The number of nitrogens with zero attached hydrogens (tertiary/aromatic N) is 1. The highest BCUT2D eigenvalue weighted by Crippen LogP contribution is 2.37. The highest BCUT2D eigenvalue weighted by molar-refractivity contribution is 6.32. The molecule has 0 saturated carbocycles. The third-order valence-corrected chi connectivity index (χ3v) is 3.99. The van der Waals surface area contributed by atoms with Gasteiger partial charge in [-0.2, -0.15) is 0 Å². The van der Waals surface area contributed by atoms with E-state index in [1.807, 2.05) is 30.3 Å². The number of nitro groups is 1. The smallest absolute Gasteiger partial charge is 0.312 e. The Labute approximate surface area is 153 Å². The van der Waals surface area contributed by atoms with Gasteiger partial charge in [0.05, 0.1) is 9.95 Å². The van der Waals surface area contributed by atoms with E-state index in [-0.39, 0.29) is 22.7 Å². The Hall–Kier alpha value is -3.38. The SMILES string of the molecule is NC(=O)c1ccc(Oc2ccc(-c3ccccc3)cc2Cl)c([N+](=O)[O-])c1. The lowest BCUT2D eigenvalue weighted by Crippen LogP contribution is -2.11. The van der Waals surface area contributed by atoms with Crippen LogP contribution in [-0.2, 0) is 0 Å². The maximum absolute atomic E-state index is 11.3. The topological polar surface area (TPSA) is 95.5 Å². The number of carbonyl (C=O) groups excluding carboxylic acids is 1. The molecule has 1 amide bonds. The van der Waals surface area contributed by atoms with Crippen LogP contribution in [0, 0.1) is 10.1 Å². The maximum Gasteiger partial charge on any atom is 0.312 e. The number of carbonyl (C=O) groups is 1. The Morgan fingerprint density at radius 3 is 2.27 bits per heavy atom. The molecule has 26 heavy (non-hydrogen) atoms. The fourth-order valence-corrected chi connectivity index (χ4v) is 2.63. The molecule has 0 radical (unpaired) electrons. The lowest BCUT2D eigenvalue weighted by atomic mass is 10.1. The highest BCUT2D eigenvalue weighted by Gasteiger charge is 2.19. The molecule has 0 bridgehead atoms. The van der Waals surface area contributed by atoms with Crippen LogP contribution in [0.25, 0.3) is 11.1 Å². The first kappa shape index (κ1) is 17.4. The second kappa shape index (κ2) is 7.25. The molecule has 0 spiro atoms. The summed E-state index contributed by atoms with van der Waals surface area (Å²) in [5.41, 5.74) is 6.68. The molecule has 6 nitrogen and oxygen atoms in total. The van der Waals surface area contributed by atoms with Gasteiger partial charge in [-0.1, -0.05) is 48.0 Å². The van der Waals surface area contributed by atoms with Crippen LogP contribution in [0.2, 0.25) is 5.02 Å². The number of hydrogen-bond donors (Lipinski definition) is 1. The van der Waals surface area contributed by atoms with E-state index in [2.05, 4.69) is 0 Å². The second-order valence-corrected chi connectivity index (χ2v) is 5.82. The molecule has 0 aromatic heterocycles. The molecule has 0 saturated heterocycles. The lowest BCUT2D eigenvalue weighted by molar-refractivity contribution is -0.385. The number of rotatable bonds is 5. The summed E-state index contributed by atoms with van der Waals surface area (Å²) < 4.78 is 5.60. The summed E-state index contributed by atoms with van der Waals surface area (Å²) in [6.45, 7) is 0. The largest absolute Gasteiger partial charge is 0.449 e. The number of benzene rings is 3. The third-order valence-electron chi connectivity index (χ3n) is 3.70. The van der Waals surface area contributed by atoms with Gasteiger partial charge >= 0.3 is 5.69 Å². The fraction of sp³-hybridized carbons (Fsp3) is 0. The van der Waals surface area contributed by atoms with E-state index >= 15 is 0 Å². The van der Waals surface area contributed by atoms with Gasteiger partial charge in [0, 0.05) is 11.6 Å². The summed E-state index contributed by atoms with van der Waals surface area (Å²) in [5.74, 6) is -0.527. The average molecular weight is 369 g/mol. The van der Waals surface area contributed by atoms with Gasteiger partial charge in [-0.25, -0.2) is 0 Å². The fourth-order valence-electron chi connectivity index (χ4n) is 2.41. The Kier molecular flexibility index (Phi) is 4.86. The molecular formula is C19H13ClN2O4. The molecule has 0 heterocycles. The van der Waals surface area contributed by atoms with Gasteiger partial charge in [0.25, 0.3) is 0 Å². The highest BCUT2D eigenvalue weighted by atomic mass is 35.5. The van der Waals surface area contributed by atoms with Crippen LogP contribution in [0.5, 0.6) is 11.5 Å². The monoisotopic (exact) mass is 368 g/mol. The number of hydrogen-bond acceptors (Lipinski definition) is 4. The van der Waals surface area contributed by atoms with Gasteiger partial charge in [-0.3, -0.25) is 14.9 Å². The van der Waals surface area contributed by atoms with E-state index in [0.29, 0.717) is 5.02 Å². The van der Waals surface area contributed by atoms with Crippen LogP contribution in [0.3, 0.4) is 0 Å². The van der Waals surface area contributed by atoms with Crippen molar-refractivity contribution >= 4 is 23.2 Å². The van der Waals surface area contributed by atoms with Crippen molar-refractivity contribution in [2.45, 2.75) is 0 Å². The normalized spacial score (nSPS) is 10.3. The van der Waals surface area contributed by atoms with Crippen LogP contribution < -0.4 is 10.5 Å². The van der Waals surface area contributed by atoms with Crippen LogP contribution >= 0.6 is 11.6 Å². The molecule has 0 aliphatic carbocycles. The molecule has 3 aromatic carbocycles. The van der Waals surface area contributed by atoms with Crippen molar-refractivity contribution < 1.29 is 14.5 Å². The third kappa shape index (κ3) is 3.65. The Bertz CT molecular complexity index is 990. The first-order valence-corrected chi connectivity index (χ1v) is 7.94. The van der Waals surface area contributed by atoms with Crippen molar-refractivity contribution in [3.8, 4) is 22.6 Å². The summed E-state index contributed by atoms with van der Waals surface area (Å²) in [4.78, 5) is 21.8. The maximum atomic E-state index is 11.3. The number of ether oxygens (including phenoxy) is 1. The van der Waals surface area contributed by atoms with Crippen molar-refractivity contribution in [2.24, 2.45) is 5.73 Å². The van der Waals surface area contributed by atoms with Crippen molar-refractivity contribution in [1.29, 1.82) is 0 Å². The molecule has 3 aromatic rings. The van der Waals surface area contributed by atoms with Crippen molar-refractivity contribution in [3.05, 3.63) is 87.4 Å². The van der Waals surface area contributed by atoms with Crippen molar-refractivity contribution in [2.75, 3.05) is 0 Å². The molecule has 0 unspecified atom stereocenters. The van der Waals surface area contributed by atoms with Crippen LogP contribution in [0.1, 0.15) is 10.4 Å². The zero-order valence-corrected chi connectivity index (χ0v) is 14.1. The van der Waals surface area contributed by atoms with Gasteiger partial charge in [0.2, 0.25) is 11.7 Å². The molecule has 0 fully saturated rings. The van der Waals surface area contributed by atoms with E-state index in [1.54, 1.807) is 18.2 Å². The molecular weight excluding hydrogens is 356 g/mol. The number of amides is 1. The van der Waals surface area contributed by atoms with Crippen LogP contribution in [0.4, 0.5) is 5.69 Å². The van der Waals surface area contributed by atoms with Gasteiger partial charge in [-0.05, 0) is 35.4 Å². The summed E-state index contributed by atoms with van der Waals surface area (Å²) in [6, 6.07) is 18.5. The summed E-state index contributed by atoms with van der Waals surface area (Å²) in [7, 11) is 0. The summed E-state index contributed by atoms with van der Waals surface area (Å²) in [6.07, 6.45) is 0. The van der Waals surface area contributed by atoms with Gasteiger partial charge < -0.3 is 10.5 Å². The van der Waals surface area contributed by atoms with E-state index < -0.39 is 10.8 Å². The average Bonchev–Trinajstić information content (AvgIpc) is 2.64. The van der Waals surface area contributed by atoms with E-state index in [9.17, 15) is 14.9 Å². The van der Waals surface area contributed by atoms with E-state index in [0.717, 1.165) is 17.2 Å². The minimum atomic E-state index is -0.759. The van der Waals surface area contributed by atoms with E-state index in [1.165, 1.54) is 12.1 Å². The molecule has 0 aliphatic rings. The summed E-state index contributed by atoms with van der Waals surface area (Å²) in [5, 5.41) is 11.6. The Morgan fingerprint density at radius 2 is 1.65 bits per heavy atom. The quantitative estimate of drug-likeness (QED) is 0.516. The van der Waals surface area contributed by atoms with Crippen molar-refractivity contribution in [1.82, 2.24) is 0 Å². The van der Waals surface area contributed by atoms with Gasteiger partial charge in [0.1, 0.15) is 5.75 Å². The second-order valence-electron chi connectivity index (χ2n) is 5.42. The van der Waals surface area contributed by atoms with Gasteiger partial charge in [-0.15, -0.1) is 0 Å². The first-order chi connectivity index (χ1) is 12.5. The minimum Gasteiger partial charge on any atom is -0.449 e. The molecule has 0 aliphatic heterocycles. The Morgan fingerprint density at radius 1 is 0.962 bits per heavy atom. The van der Waals surface area contributed by atoms with E-state index in [4.69, 9.17) is 22.1 Å². The molecule has 3 rings (SSSR count). The van der Waals surface area contributed by atoms with Crippen LogP contribution in [0.15, 0.2) is 66.7 Å². The zero-order chi connectivity index (χ0) is 18.7. The van der Waals surface area contributed by atoms with Gasteiger partial charge in [0.15, 0.2) is 0 Å².